The SMILES string of the molecule is CC(C)C[C@@H](N)[C@H](C)F. The predicted octanol–water partition coefficient (Wildman–Crippen LogP) is 1.72. The van der Waals surface area contributed by atoms with Crippen LogP contribution in [0.5, 0.6) is 0 Å². The number of nitrogens with two attached hydrogens (primary N) is 1. The molecule has 2 heteroatoms. The molecule has 0 saturated carbocycles. The van der Waals surface area contributed by atoms with Crippen LogP contribution in [0.15, 0.2) is 0 Å². The van der Waals surface area contributed by atoms with E-state index in [0.29, 0.717) is 5.92 Å². The van der Waals surface area contributed by atoms with E-state index < -0.39 is 6.17 Å². The molecule has 0 aliphatic carbocycles. The molecule has 0 aliphatic heterocycles. The third-order valence-electron chi connectivity index (χ3n) is 1.33. The van der Waals surface area contributed by atoms with Crippen LogP contribution < -0.4 is 5.73 Å². The normalized spacial score (nSPS) is 18.0. The van der Waals surface area contributed by atoms with Crippen LogP contribution in [0, 0.1) is 5.92 Å². The average Bonchev–Trinajstić information content (AvgIpc) is 1.63. The molecule has 0 radical (unpaired) electrons. The second-order valence-electron chi connectivity index (χ2n) is 2.97. The first-order valence-corrected chi connectivity index (χ1v) is 3.43. The van der Waals surface area contributed by atoms with Crippen molar-refractivity contribution in [3.8, 4) is 0 Å². The molecule has 1 nitrogen and oxygen atoms in total. The lowest BCUT2D eigenvalue weighted by molar-refractivity contribution is 0.278. The Balaban J connectivity index is 3.38. The van der Waals surface area contributed by atoms with Gasteiger partial charge in [-0.2, -0.15) is 0 Å². The number of alkyl halides is 1. The molecule has 0 amide bonds. The largest absolute Gasteiger partial charge is 0.325 e. The van der Waals surface area contributed by atoms with Crippen molar-refractivity contribution in [2.24, 2.45) is 11.7 Å². The van der Waals surface area contributed by atoms with E-state index in [1.807, 2.05) is 13.8 Å². The van der Waals surface area contributed by atoms with E-state index in [-0.39, 0.29) is 6.04 Å². The molecule has 0 bridgehead atoms. The van der Waals surface area contributed by atoms with E-state index in [0.717, 1.165) is 6.42 Å². The van der Waals surface area contributed by atoms with Crippen LogP contribution in [-0.2, 0) is 0 Å². The Kier molecular flexibility index (Phi) is 3.78. The molecule has 0 rings (SSSR count). The van der Waals surface area contributed by atoms with Gasteiger partial charge < -0.3 is 5.73 Å². The monoisotopic (exact) mass is 133 g/mol. The Hall–Kier alpha value is -0.110. The van der Waals surface area contributed by atoms with Crippen LogP contribution in [0.4, 0.5) is 4.39 Å². The first-order chi connectivity index (χ1) is 4.04. The summed E-state index contributed by atoms with van der Waals surface area (Å²) in [6, 6.07) is -0.273. The van der Waals surface area contributed by atoms with Crippen molar-refractivity contribution in [2.45, 2.75) is 39.4 Å². The summed E-state index contributed by atoms with van der Waals surface area (Å²) in [6.45, 7) is 5.59. The third-order valence-corrected chi connectivity index (χ3v) is 1.33. The Labute approximate surface area is 56.4 Å². The number of rotatable bonds is 3. The van der Waals surface area contributed by atoms with Crippen molar-refractivity contribution in [3.63, 3.8) is 0 Å². The van der Waals surface area contributed by atoms with Crippen LogP contribution in [0.3, 0.4) is 0 Å². The predicted molar refractivity (Wildman–Crippen MR) is 38.0 cm³/mol. The molecule has 0 aromatic heterocycles. The maximum Gasteiger partial charge on any atom is 0.112 e. The Morgan fingerprint density at radius 3 is 1.89 bits per heavy atom. The molecule has 2 atom stereocenters. The number of halogens is 1. The molecule has 0 spiro atoms. The zero-order valence-electron chi connectivity index (χ0n) is 6.39. The fourth-order valence-electron chi connectivity index (χ4n) is 0.732. The average molecular weight is 133 g/mol. The highest BCUT2D eigenvalue weighted by molar-refractivity contribution is 4.68. The van der Waals surface area contributed by atoms with Gasteiger partial charge in [0.05, 0.1) is 0 Å². The molecule has 0 fully saturated rings. The minimum absolute atomic E-state index is 0.273. The highest BCUT2D eigenvalue weighted by Gasteiger charge is 2.11. The molecule has 0 aliphatic rings. The van der Waals surface area contributed by atoms with Gasteiger partial charge in [0.1, 0.15) is 6.17 Å². The van der Waals surface area contributed by atoms with E-state index in [9.17, 15) is 4.39 Å². The van der Waals surface area contributed by atoms with Gasteiger partial charge in [-0.25, -0.2) is 4.39 Å². The summed E-state index contributed by atoms with van der Waals surface area (Å²) in [5, 5.41) is 0. The van der Waals surface area contributed by atoms with Gasteiger partial charge in [0.2, 0.25) is 0 Å². The van der Waals surface area contributed by atoms with E-state index >= 15 is 0 Å². The smallest absolute Gasteiger partial charge is 0.112 e. The van der Waals surface area contributed by atoms with E-state index in [2.05, 4.69) is 0 Å². The quantitative estimate of drug-likeness (QED) is 0.623. The van der Waals surface area contributed by atoms with Gasteiger partial charge in [0.15, 0.2) is 0 Å². The van der Waals surface area contributed by atoms with Gasteiger partial charge in [0.25, 0.3) is 0 Å². The lowest BCUT2D eigenvalue weighted by Crippen LogP contribution is -2.30. The van der Waals surface area contributed by atoms with Crippen molar-refractivity contribution in [1.82, 2.24) is 0 Å². The molecule has 0 saturated heterocycles. The summed E-state index contributed by atoms with van der Waals surface area (Å²) in [5.41, 5.74) is 5.44. The van der Waals surface area contributed by atoms with Gasteiger partial charge >= 0.3 is 0 Å². The summed E-state index contributed by atoms with van der Waals surface area (Å²) in [7, 11) is 0. The third kappa shape index (κ3) is 4.40. The molecule has 0 heterocycles. The molecular weight excluding hydrogens is 117 g/mol. The van der Waals surface area contributed by atoms with Gasteiger partial charge in [-0.15, -0.1) is 0 Å². The molecule has 0 aromatic rings. The second-order valence-corrected chi connectivity index (χ2v) is 2.97. The maximum absolute atomic E-state index is 12.3. The Bertz CT molecular complexity index is 71.3. The van der Waals surface area contributed by atoms with Crippen LogP contribution in [0.25, 0.3) is 0 Å². The van der Waals surface area contributed by atoms with Crippen LogP contribution >= 0.6 is 0 Å². The minimum atomic E-state index is -0.868. The van der Waals surface area contributed by atoms with Crippen LogP contribution in [0.2, 0.25) is 0 Å². The maximum atomic E-state index is 12.3. The summed E-state index contributed by atoms with van der Waals surface area (Å²) in [4.78, 5) is 0. The lowest BCUT2D eigenvalue weighted by atomic mass is 10.0. The fourth-order valence-corrected chi connectivity index (χ4v) is 0.732. The second kappa shape index (κ2) is 3.83. The standard InChI is InChI=1S/C7H16FN/c1-5(2)4-7(9)6(3)8/h5-7H,4,9H2,1-3H3/t6-,7+/m0/s1. The molecule has 2 N–H and O–H groups in total. The first-order valence-electron chi connectivity index (χ1n) is 3.43. The molecule has 0 aromatic carbocycles. The zero-order valence-corrected chi connectivity index (χ0v) is 6.39. The van der Waals surface area contributed by atoms with Gasteiger partial charge in [-0.3, -0.25) is 0 Å². The van der Waals surface area contributed by atoms with Crippen LogP contribution in [0.1, 0.15) is 27.2 Å². The fraction of sp³-hybridized carbons (Fsp3) is 1.00. The molecule has 0 unspecified atom stereocenters. The highest BCUT2D eigenvalue weighted by atomic mass is 19.1. The molecule has 56 valence electrons. The summed E-state index contributed by atoms with van der Waals surface area (Å²) in [5.74, 6) is 0.498. The number of hydrogen-bond donors (Lipinski definition) is 1. The zero-order chi connectivity index (χ0) is 7.44. The van der Waals surface area contributed by atoms with E-state index in [1.165, 1.54) is 6.92 Å². The topological polar surface area (TPSA) is 26.0 Å². The summed E-state index contributed by atoms with van der Waals surface area (Å²) < 4.78 is 12.3. The van der Waals surface area contributed by atoms with E-state index in [4.69, 9.17) is 5.73 Å². The van der Waals surface area contributed by atoms with Crippen LogP contribution in [-0.4, -0.2) is 12.2 Å². The van der Waals surface area contributed by atoms with Crippen molar-refractivity contribution >= 4 is 0 Å². The minimum Gasteiger partial charge on any atom is -0.325 e. The van der Waals surface area contributed by atoms with Crippen molar-refractivity contribution in [2.75, 3.05) is 0 Å². The van der Waals surface area contributed by atoms with E-state index in [1.54, 1.807) is 0 Å². The first kappa shape index (κ1) is 8.89. The van der Waals surface area contributed by atoms with Crippen molar-refractivity contribution in [1.29, 1.82) is 0 Å². The summed E-state index contributed by atoms with van der Waals surface area (Å²) in [6.07, 6.45) is -0.0927. The van der Waals surface area contributed by atoms with Crippen molar-refractivity contribution < 1.29 is 4.39 Å². The Morgan fingerprint density at radius 1 is 1.33 bits per heavy atom. The molecule has 9 heavy (non-hydrogen) atoms. The van der Waals surface area contributed by atoms with Gasteiger partial charge in [0, 0.05) is 6.04 Å². The van der Waals surface area contributed by atoms with Crippen molar-refractivity contribution in [3.05, 3.63) is 0 Å². The summed E-state index contributed by atoms with van der Waals surface area (Å²) >= 11 is 0. The highest BCUT2D eigenvalue weighted by Crippen LogP contribution is 2.07. The van der Waals surface area contributed by atoms with Gasteiger partial charge in [-0.05, 0) is 19.3 Å². The molecular formula is C7H16FN. The lowest BCUT2D eigenvalue weighted by Gasteiger charge is -2.14. The number of hydrogen-bond acceptors (Lipinski definition) is 1. The Morgan fingerprint density at radius 2 is 1.78 bits per heavy atom. The van der Waals surface area contributed by atoms with Gasteiger partial charge in [-0.1, -0.05) is 13.8 Å².